The van der Waals surface area contributed by atoms with Crippen LogP contribution >= 0.6 is 15.9 Å². The Hall–Kier alpha value is -1.20. The van der Waals surface area contributed by atoms with Crippen LogP contribution < -0.4 is 0 Å². The summed E-state index contributed by atoms with van der Waals surface area (Å²) in [5.41, 5.74) is 2.36. The molecule has 0 saturated heterocycles. The molecule has 1 fully saturated rings. The monoisotopic (exact) mass is 497 g/mol. The maximum absolute atomic E-state index is 10.4. The number of aliphatic hydroxyl groups excluding tert-OH is 1. The first kappa shape index (κ1) is 29.8. The van der Waals surface area contributed by atoms with Crippen LogP contribution in [-0.4, -0.2) is 29.4 Å². The fourth-order valence-electron chi connectivity index (χ4n) is 4.52. The zero-order chi connectivity index (χ0) is 23.3. The standard InChI is InChI=1S/C25H40BrNO2.CH4O/c1-3-13-22(20-21(2)26)14-9-6-7-11-16-24-23(17-18-25(24)27-29)15-10-5-4-8-12-19-28;1-2/h3,13,19-20,23-24,29H,2,4-12,14-18H2,1H3;2H,1H3/b13-3-,22-20+,27-25-;/t23-,24+;/m0./s1. The molecule has 31 heavy (non-hydrogen) atoms. The van der Waals surface area contributed by atoms with Crippen LogP contribution in [0.25, 0.3) is 0 Å². The molecule has 4 nitrogen and oxygen atoms in total. The van der Waals surface area contributed by atoms with E-state index in [1.165, 1.54) is 56.9 Å². The Labute approximate surface area is 198 Å². The van der Waals surface area contributed by atoms with Gasteiger partial charge in [0.25, 0.3) is 0 Å². The molecule has 0 bridgehead atoms. The van der Waals surface area contributed by atoms with Gasteiger partial charge in [0.2, 0.25) is 0 Å². The predicted octanol–water partition coefficient (Wildman–Crippen LogP) is 7.74. The van der Waals surface area contributed by atoms with Crippen LogP contribution in [0, 0.1) is 11.8 Å². The summed E-state index contributed by atoms with van der Waals surface area (Å²) in [6.07, 6.45) is 23.2. The number of unbranched alkanes of at least 4 members (excludes halogenated alkanes) is 7. The van der Waals surface area contributed by atoms with Crippen LogP contribution in [-0.2, 0) is 4.79 Å². The quantitative estimate of drug-likeness (QED) is 0.0752. The Morgan fingerprint density at radius 1 is 1.10 bits per heavy atom. The molecule has 0 aromatic heterocycles. The second-order valence-corrected chi connectivity index (χ2v) is 9.29. The van der Waals surface area contributed by atoms with Gasteiger partial charge in [0, 0.05) is 23.9 Å². The molecule has 1 aliphatic rings. The molecule has 5 heteroatoms. The van der Waals surface area contributed by atoms with Gasteiger partial charge >= 0.3 is 0 Å². The molecule has 1 saturated carbocycles. The Morgan fingerprint density at radius 2 is 1.74 bits per heavy atom. The Bertz CT molecular complexity index is 569. The molecule has 1 aliphatic carbocycles. The molecular formula is C26H44BrNO3. The number of nitrogens with zero attached hydrogens (tertiary/aromatic N) is 1. The highest BCUT2D eigenvalue weighted by molar-refractivity contribution is 9.11. The van der Waals surface area contributed by atoms with Crippen LogP contribution in [0.5, 0.6) is 0 Å². The normalized spacial score (nSPS) is 20.1. The number of aliphatic hydroxyl groups is 1. The summed E-state index contributed by atoms with van der Waals surface area (Å²) < 4.78 is 0.928. The van der Waals surface area contributed by atoms with Crippen molar-refractivity contribution in [1.82, 2.24) is 0 Å². The molecule has 0 spiro atoms. The number of aldehydes is 1. The van der Waals surface area contributed by atoms with Crippen molar-refractivity contribution in [2.45, 2.75) is 96.8 Å². The minimum Gasteiger partial charge on any atom is -0.411 e. The largest absolute Gasteiger partial charge is 0.411 e. The van der Waals surface area contributed by atoms with E-state index in [1.807, 2.05) is 6.92 Å². The summed E-state index contributed by atoms with van der Waals surface area (Å²) in [6, 6.07) is 0. The SMILES string of the molecule is C=C(Br)/C=C(\C=C/C)CCCCCC[C@H]1/C(=N\O)CC[C@@H]1CCCCCCC=O.CO. The van der Waals surface area contributed by atoms with E-state index in [9.17, 15) is 10.0 Å². The first-order valence-electron chi connectivity index (χ1n) is 11.9. The van der Waals surface area contributed by atoms with E-state index in [2.05, 4.69) is 45.9 Å². The van der Waals surface area contributed by atoms with Crippen LogP contribution in [0.2, 0.25) is 0 Å². The van der Waals surface area contributed by atoms with Crippen LogP contribution in [0.4, 0.5) is 0 Å². The predicted molar refractivity (Wildman–Crippen MR) is 136 cm³/mol. The van der Waals surface area contributed by atoms with E-state index in [-0.39, 0.29) is 0 Å². The van der Waals surface area contributed by atoms with Crippen molar-refractivity contribution in [3.8, 4) is 0 Å². The van der Waals surface area contributed by atoms with Crippen LogP contribution in [0.15, 0.2) is 40.0 Å². The van der Waals surface area contributed by atoms with Gasteiger partial charge in [-0.25, -0.2) is 0 Å². The van der Waals surface area contributed by atoms with Gasteiger partial charge in [-0.1, -0.05) is 78.3 Å². The van der Waals surface area contributed by atoms with Gasteiger partial charge in [0.1, 0.15) is 6.29 Å². The number of halogens is 1. The molecule has 0 amide bonds. The Balaban J connectivity index is 0.00000436. The van der Waals surface area contributed by atoms with Crippen LogP contribution in [0.1, 0.15) is 96.8 Å². The third-order valence-electron chi connectivity index (χ3n) is 6.00. The Morgan fingerprint density at radius 3 is 2.35 bits per heavy atom. The van der Waals surface area contributed by atoms with Gasteiger partial charge in [-0.2, -0.15) is 0 Å². The number of oxime groups is 1. The summed E-state index contributed by atoms with van der Waals surface area (Å²) in [6.45, 7) is 5.95. The second-order valence-electron chi connectivity index (χ2n) is 8.27. The summed E-state index contributed by atoms with van der Waals surface area (Å²) in [5.74, 6) is 1.16. The topological polar surface area (TPSA) is 69.9 Å². The number of carbonyl (C=O) groups is 1. The first-order chi connectivity index (χ1) is 15.1. The van der Waals surface area contributed by atoms with Gasteiger partial charge in [-0.05, 0) is 69.4 Å². The fourth-order valence-corrected chi connectivity index (χ4v) is 4.81. The number of hydrogen-bond acceptors (Lipinski definition) is 4. The molecule has 0 unspecified atom stereocenters. The number of hydrogen-bond donors (Lipinski definition) is 2. The Kier molecular flexibility index (Phi) is 19.9. The molecule has 2 atom stereocenters. The molecular weight excluding hydrogens is 454 g/mol. The lowest BCUT2D eigenvalue weighted by Gasteiger charge is -2.19. The molecule has 178 valence electrons. The minimum absolute atomic E-state index is 0.477. The molecule has 0 aromatic carbocycles. The van der Waals surface area contributed by atoms with E-state index in [0.717, 1.165) is 55.7 Å². The number of carbonyl (C=O) groups excluding carboxylic acids is 1. The maximum Gasteiger partial charge on any atom is 0.119 e. The van der Waals surface area contributed by atoms with Gasteiger partial charge in [-0.3, -0.25) is 0 Å². The summed E-state index contributed by atoms with van der Waals surface area (Å²) in [7, 11) is 1.00. The highest BCUT2D eigenvalue weighted by atomic mass is 79.9. The van der Waals surface area contributed by atoms with Crippen molar-refractivity contribution in [1.29, 1.82) is 0 Å². The second kappa shape index (κ2) is 20.7. The highest BCUT2D eigenvalue weighted by Crippen LogP contribution is 2.37. The van der Waals surface area contributed by atoms with Crippen molar-refractivity contribution >= 4 is 27.9 Å². The molecule has 0 radical (unpaired) electrons. The lowest BCUT2D eigenvalue weighted by atomic mass is 9.86. The molecule has 0 heterocycles. The van der Waals surface area contributed by atoms with Crippen LogP contribution in [0.3, 0.4) is 0 Å². The van der Waals surface area contributed by atoms with Gasteiger partial charge < -0.3 is 15.1 Å². The summed E-state index contributed by atoms with van der Waals surface area (Å²) in [5, 5.41) is 20.0. The lowest BCUT2D eigenvalue weighted by Crippen LogP contribution is -2.15. The number of rotatable bonds is 16. The average Bonchev–Trinajstić information content (AvgIpc) is 3.16. The van der Waals surface area contributed by atoms with Gasteiger partial charge in [-0.15, -0.1) is 0 Å². The highest BCUT2D eigenvalue weighted by Gasteiger charge is 2.32. The van der Waals surface area contributed by atoms with Crippen molar-refractivity contribution in [3.63, 3.8) is 0 Å². The van der Waals surface area contributed by atoms with Gasteiger partial charge in [0.15, 0.2) is 0 Å². The van der Waals surface area contributed by atoms with Crippen molar-refractivity contribution in [2.75, 3.05) is 7.11 Å². The fraction of sp³-hybridized carbons (Fsp3) is 0.692. The maximum atomic E-state index is 10.4. The van der Waals surface area contributed by atoms with Crippen molar-refractivity contribution < 1.29 is 15.1 Å². The minimum atomic E-state index is 0.477. The summed E-state index contributed by atoms with van der Waals surface area (Å²) >= 11 is 3.42. The first-order valence-corrected chi connectivity index (χ1v) is 12.7. The van der Waals surface area contributed by atoms with E-state index in [4.69, 9.17) is 5.11 Å². The van der Waals surface area contributed by atoms with E-state index < -0.39 is 0 Å². The molecule has 0 aromatic rings. The van der Waals surface area contributed by atoms with E-state index in [0.29, 0.717) is 18.3 Å². The molecule has 1 rings (SSSR count). The van der Waals surface area contributed by atoms with Crippen molar-refractivity contribution in [3.05, 3.63) is 34.9 Å². The average molecular weight is 499 g/mol. The zero-order valence-corrected chi connectivity index (χ0v) is 21.3. The molecule has 2 N–H and O–H groups in total. The zero-order valence-electron chi connectivity index (χ0n) is 19.7. The number of allylic oxidation sites excluding steroid dienone is 5. The van der Waals surface area contributed by atoms with E-state index in [1.54, 1.807) is 0 Å². The molecule has 0 aliphatic heterocycles. The summed E-state index contributed by atoms with van der Waals surface area (Å²) in [4.78, 5) is 10.4. The van der Waals surface area contributed by atoms with E-state index >= 15 is 0 Å². The third-order valence-corrected chi connectivity index (χ3v) is 6.23. The van der Waals surface area contributed by atoms with Crippen molar-refractivity contribution in [2.24, 2.45) is 17.0 Å². The van der Waals surface area contributed by atoms with Gasteiger partial charge in [0.05, 0.1) is 5.71 Å². The lowest BCUT2D eigenvalue weighted by molar-refractivity contribution is -0.107. The smallest absolute Gasteiger partial charge is 0.119 e. The third kappa shape index (κ3) is 14.5.